The van der Waals surface area contributed by atoms with Crippen molar-refractivity contribution in [1.82, 2.24) is 4.37 Å². The molecule has 0 bridgehead atoms. The van der Waals surface area contributed by atoms with Crippen molar-refractivity contribution in [2.45, 2.75) is 0 Å². The SMILES string of the molecule is N#Cc1snc2sc(=S)sc12. The molecule has 0 saturated heterocycles. The number of hydrogen-bond acceptors (Lipinski definition) is 6. The molecule has 6 heteroatoms. The minimum atomic E-state index is 0.678. The van der Waals surface area contributed by atoms with E-state index in [0.717, 1.165) is 12.7 Å². The maximum Gasteiger partial charge on any atom is 0.150 e. The average Bonchev–Trinajstić information content (AvgIpc) is 2.45. The highest BCUT2D eigenvalue weighted by atomic mass is 32.2. The predicted molar refractivity (Wildman–Crippen MR) is 50.9 cm³/mol. The zero-order chi connectivity index (χ0) is 7.84. The van der Waals surface area contributed by atoms with Gasteiger partial charge in [0, 0.05) is 0 Å². The summed E-state index contributed by atoms with van der Waals surface area (Å²) in [5.41, 5.74) is 0. The minimum absolute atomic E-state index is 0.678. The van der Waals surface area contributed by atoms with Crippen LogP contribution in [0.2, 0.25) is 0 Å². The lowest BCUT2D eigenvalue weighted by Crippen LogP contribution is -1.54. The number of hydrogen-bond donors (Lipinski definition) is 0. The molecule has 0 unspecified atom stereocenters. The molecule has 2 nitrogen and oxygen atoms in total. The molecule has 0 radical (unpaired) electrons. The van der Waals surface area contributed by atoms with E-state index in [-0.39, 0.29) is 0 Å². The summed E-state index contributed by atoms with van der Waals surface area (Å²) >= 11 is 9.15. The Kier molecular flexibility index (Phi) is 1.73. The van der Waals surface area contributed by atoms with Gasteiger partial charge in [-0.25, -0.2) is 0 Å². The Morgan fingerprint density at radius 2 is 2.27 bits per heavy atom. The predicted octanol–water partition coefficient (Wildman–Crippen LogP) is 3.02. The van der Waals surface area contributed by atoms with Crippen LogP contribution in [0.5, 0.6) is 0 Å². The van der Waals surface area contributed by atoms with Crippen molar-refractivity contribution in [3.63, 3.8) is 0 Å². The molecule has 0 aliphatic carbocycles. The highest BCUT2D eigenvalue weighted by Gasteiger charge is 2.07. The Bertz CT molecular complexity index is 482. The van der Waals surface area contributed by atoms with E-state index in [2.05, 4.69) is 10.4 Å². The van der Waals surface area contributed by atoms with E-state index in [9.17, 15) is 0 Å². The third-order valence-corrected chi connectivity index (χ3v) is 4.64. The van der Waals surface area contributed by atoms with Gasteiger partial charge in [-0.2, -0.15) is 9.64 Å². The zero-order valence-corrected chi connectivity index (χ0v) is 8.29. The average molecular weight is 216 g/mol. The molecule has 0 spiro atoms. The second kappa shape index (κ2) is 2.60. The fourth-order valence-corrected chi connectivity index (χ4v) is 3.96. The molecular weight excluding hydrogens is 216 g/mol. The Morgan fingerprint density at radius 3 is 3.00 bits per heavy atom. The summed E-state index contributed by atoms with van der Waals surface area (Å²) in [7, 11) is 0. The maximum atomic E-state index is 8.63. The van der Waals surface area contributed by atoms with Crippen molar-refractivity contribution in [1.29, 1.82) is 5.26 Å². The van der Waals surface area contributed by atoms with Crippen molar-refractivity contribution in [2.75, 3.05) is 0 Å². The highest BCUT2D eigenvalue weighted by molar-refractivity contribution is 7.77. The van der Waals surface area contributed by atoms with Gasteiger partial charge in [-0.3, -0.25) is 0 Å². The van der Waals surface area contributed by atoms with Crippen molar-refractivity contribution in [2.24, 2.45) is 0 Å². The van der Waals surface area contributed by atoms with Gasteiger partial charge in [-0.1, -0.05) is 23.6 Å². The van der Waals surface area contributed by atoms with Crippen LogP contribution in [0, 0.1) is 14.5 Å². The molecule has 0 aromatic carbocycles. The number of nitriles is 1. The third kappa shape index (κ3) is 1.10. The summed E-state index contributed by atoms with van der Waals surface area (Å²) in [6.07, 6.45) is 0. The third-order valence-electron chi connectivity index (χ3n) is 1.09. The first kappa shape index (κ1) is 7.31. The second-order valence-corrected chi connectivity index (χ2v) is 5.69. The summed E-state index contributed by atoms with van der Waals surface area (Å²) in [5.74, 6) is 0. The quantitative estimate of drug-likeness (QED) is 0.635. The van der Waals surface area contributed by atoms with Gasteiger partial charge in [-0.15, -0.1) is 11.3 Å². The molecule has 0 atom stereocenters. The van der Waals surface area contributed by atoms with E-state index in [1.807, 2.05) is 0 Å². The summed E-state index contributed by atoms with van der Waals surface area (Å²) in [5, 5.41) is 8.63. The second-order valence-electron chi connectivity index (χ2n) is 1.71. The molecule has 2 rings (SSSR count). The van der Waals surface area contributed by atoms with Crippen LogP contribution in [0.25, 0.3) is 9.53 Å². The van der Waals surface area contributed by atoms with Crippen LogP contribution in [-0.2, 0) is 0 Å². The first-order valence-corrected chi connectivity index (χ1v) is 5.42. The molecule has 0 aliphatic heterocycles. The van der Waals surface area contributed by atoms with Crippen LogP contribution in [-0.4, -0.2) is 4.37 Å². The smallest absolute Gasteiger partial charge is 0.150 e. The van der Waals surface area contributed by atoms with Gasteiger partial charge >= 0.3 is 0 Å². The largest absolute Gasteiger partial charge is 0.191 e. The molecule has 11 heavy (non-hydrogen) atoms. The van der Waals surface area contributed by atoms with Crippen LogP contribution >= 0.6 is 46.4 Å². The van der Waals surface area contributed by atoms with Crippen LogP contribution in [0.3, 0.4) is 0 Å². The normalized spacial score (nSPS) is 10.1. The lowest BCUT2D eigenvalue weighted by atomic mass is 10.5. The van der Waals surface area contributed by atoms with Crippen molar-refractivity contribution in [3.8, 4) is 6.07 Å². The van der Waals surface area contributed by atoms with E-state index >= 15 is 0 Å². The lowest BCUT2D eigenvalue weighted by molar-refractivity contribution is 1.53. The van der Waals surface area contributed by atoms with E-state index in [1.165, 1.54) is 34.2 Å². The van der Waals surface area contributed by atoms with Crippen LogP contribution < -0.4 is 0 Å². The maximum absolute atomic E-state index is 8.63. The van der Waals surface area contributed by atoms with Gasteiger partial charge in [-0.05, 0) is 11.5 Å². The number of nitrogens with zero attached hydrogens (tertiary/aromatic N) is 2. The van der Waals surface area contributed by atoms with E-state index in [0.29, 0.717) is 4.88 Å². The molecule has 0 aliphatic rings. The molecule has 2 aromatic rings. The van der Waals surface area contributed by atoms with E-state index < -0.39 is 0 Å². The van der Waals surface area contributed by atoms with Gasteiger partial charge in [0.1, 0.15) is 14.1 Å². The van der Waals surface area contributed by atoms with Crippen LogP contribution in [0.4, 0.5) is 0 Å². The van der Waals surface area contributed by atoms with Gasteiger partial charge in [0.25, 0.3) is 0 Å². The van der Waals surface area contributed by atoms with Crippen LogP contribution in [0.15, 0.2) is 0 Å². The Labute approximate surface area is 79.5 Å². The fraction of sp³-hybridized carbons (Fsp3) is 0. The minimum Gasteiger partial charge on any atom is -0.191 e. The number of fused-ring (bicyclic) bond motifs is 1. The summed E-state index contributed by atoms with van der Waals surface area (Å²) in [4.78, 5) is 1.58. The molecule has 2 heterocycles. The Balaban J connectivity index is 2.97. The summed E-state index contributed by atoms with van der Waals surface area (Å²) in [6, 6.07) is 2.09. The Hall–Kier alpha value is -0.350. The van der Waals surface area contributed by atoms with E-state index in [4.69, 9.17) is 17.5 Å². The van der Waals surface area contributed by atoms with Crippen LogP contribution in [0.1, 0.15) is 4.88 Å². The monoisotopic (exact) mass is 216 g/mol. The first-order chi connectivity index (χ1) is 5.31. The lowest BCUT2D eigenvalue weighted by Gasteiger charge is -1.69. The number of aromatic nitrogens is 1. The molecule has 0 N–H and O–H groups in total. The van der Waals surface area contributed by atoms with Gasteiger partial charge in [0.05, 0.1) is 4.70 Å². The summed E-state index contributed by atoms with van der Waals surface area (Å²) < 4.78 is 5.88. The standard InChI is InChI=1S/C5N2S4/c6-1-2-3-4(7-11-2)10-5(8)9-3. The zero-order valence-electron chi connectivity index (χ0n) is 5.03. The molecule has 0 saturated carbocycles. The first-order valence-electron chi connectivity index (χ1n) is 2.60. The van der Waals surface area contributed by atoms with Gasteiger partial charge < -0.3 is 0 Å². The highest BCUT2D eigenvalue weighted by Crippen LogP contribution is 2.31. The van der Waals surface area contributed by atoms with Gasteiger partial charge in [0.2, 0.25) is 0 Å². The van der Waals surface area contributed by atoms with E-state index in [1.54, 1.807) is 0 Å². The van der Waals surface area contributed by atoms with Gasteiger partial charge in [0.15, 0.2) is 4.83 Å². The van der Waals surface area contributed by atoms with Crippen molar-refractivity contribution < 1.29 is 0 Å². The fourth-order valence-electron chi connectivity index (χ4n) is 0.676. The molecule has 54 valence electrons. The topological polar surface area (TPSA) is 36.7 Å². The molecular formula is C5N2S4. The molecule has 2 aromatic heterocycles. The Morgan fingerprint density at radius 1 is 1.45 bits per heavy atom. The summed E-state index contributed by atoms with van der Waals surface area (Å²) in [6.45, 7) is 0. The molecule has 0 amide bonds. The van der Waals surface area contributed by atoms with Crippen molar-refractivity contribution >= 4 is 56.0 Å². The number of rotatable bonds is 0. The van der Waals surface area contributed by atoms with Crippen molar-refractivity contribution in [3.05, 3.63) is 8.01 Å². The molecule has 0 fully saturated rings.